The summed E-state index contributed by atoms with van der Waals surface area (Å²) in [5, 5.41) is 0. The Morgan fingerprint density at radius 3 is 2.12 bits per heavy atom. The van der Waals surface area contributed by atoms with E-state index in [1.165, 1.54) is 0 Å². The van der Waals surface area contributed by atoms with Crippen molar-refractivity contribution in [3.8, 4) is 0 Å². The normalized spacial score (nSPS) is 11.9. The van der Waals surface area contributed by atoms with Gasteiger partial charge in [-0.3, -0.25) is 0 Å². The Morgan fingerprint density at radius 2 is 1.62 bits per heavy atom. The van der Waals surface area contributed by atoms with Gasteiger partial charge in [0, 0.05) is 40.0 Å². The van der Waals surface area contributed by atoms with Crippen LogP contribution < -0.4 is 0 Å². The van der Waals surface area contributed by atoms with Crippen LogP contribution in [-0.4, -0.2) is 44.3 Å². The van der Waals surface area contributed by atoms with Crippen LogP contribution in [-0.2, 0) is 0 Å². The van der Waals surface area contributed by atoms with Gasteiger partial charge in [-0.2, -0.15) is 0 Å². The average molecular weight is 217 g/mol. The topological polar surface area (TPSA) is 18.8 Å². The van der Waals surface area contributed by atoms with Crippen LogP contribution in [0.5, 0.6) is 0 Å². The fourth-order valence-electron chi connectivity index (χ4n) is 1.21. The standard InChI is InChI=1S/C13H19N3/c1-15(2)10-13(14-11-16(3)4)12-8-6-5-7-9-12/h5-11H,1-4H3. The number of rotatable bonds is 4. The third-order valence-corrected chi connectivity index (χ3v) is 1.88. The van der Waals surface area contributed by atoms with Crippen LogP contribution in [0.2, 0.25) is 0 Å². The highest BCUT2D eigenvalue weighted by Crippen LogP contribution is 2.15. The summed E-state index contributed by atoms with van der Waals surface area (Å²) >= 11 is 0. The Kier molecular flexibility index (Phi) is 4.58. The van der Waals surface area contributed by atoms with E-state index in [0.29, 0.717) is 0 Å². The van der Waals surface area contributed by atoms with E-state index in [2.05, 4.69) is 17.1 Å². The minimum atomic E-state index is 0.958. The molecular weight excluding hydrogens is 198 g/mol. The van der Waals surface area contributed by atoms with Crippen molar-refractivity contribution in [2.45, 2.75) is 0 Å². The second kappa shape index (κ2) is 5.95. The maximum absolute atomic E-state index is 4.45. The smallest absolute Gasteiger partial charge is 0.0908 e. The second-order valence-electron chi connectivity index (χ2n) is 4.05. The van der Waals surface area contributed by atoms with E-state index in [1.54, 1.807) is 0 Å². The molecule has 0 radical (unpaired) electrons. The molecule has 0 fully saturated rings. The predicted molar refractivity (Wildman–Crippen MR) is 70.3 cm³/mol. The minimum Gasteiger partial charge on any atom is -0.382 e. The van der Waals surface area contributed by atoms with E-state index in [1.807, 2.05) is 68.7 Å². The molecule has 0 bridgehead atoms. The number of benzene rings is 1. The van der Waals surface area contributed by atoms with Crippen LogP contribution in [0.1, 0.15) is 5.56 Å². The van der Waals surface area contributed by atoms with Crippen molar-refractivity contribution in [3.63, 3.8) is 0 Å². The van der Waals surface area contributed by atoms with E-state index in [9.17, 15) is 0 Å². The molecule has 0 aliphatic heterocycles. The van der Waals surface area contributed by atoms with Gasteiger partial charge in [-0.25, -0.2) is 4.99 Å². The van der Waals surface area contributed by atoms with Gasteiger partial charge in [-0.15, -0.1) is 0 Å². The molecule has 1 aromatic rings. The molecule has 0 aliphatic rings. The number of hydrogen-bond donors (Lipinski definition) is 0. The first-order valence-corrected chi connectivity index (χ1v) is 5.24. The number of aliphatic imine (C=N–C) groups is 1. The maximum atomic E-state index is 4.45. The van der Waals surface area contributed by atoms with Crippen molar-refractivity contribution in [2.24, 2.45) is 4.99 Å². The molecule has 3 heteroatoms. The lowest BCUT2D eigenvalue weighted by Crippen LogP contribution is -2.08. The molecule has 0 atom stereocenters. The van der Waals surface area contributed by atoms with Crippen molar-refractivity contribution in [1.29, 1.82) is 0 Å². The molecule has 3 nitrogen and oxygen atoms in total. The SMILES string of the molecule is CN(C)C=NC(=CN(C)C)c1ccccc1. The monoisotopic (exact) mass is 217 g/mol. The van der Waals surface area contributed by atoms with Crippen LogP contribution >= 0.6 is 0 Å². The zero-order chi connectivity index (χ0) is 12.0. The highest BCUT2D eigenvalue weighted by Gasteiger charge is 1.98. The van der Waals surface area contributed by atoms with E-state index in [0.717, 1.165) is 11.3 Å². The Bertz CT molecular complexity index is 364. The summed E-state index contributed by atoms with van der Waals surface area (Å²) in [7, 11) is 7.91. The van der Waals surface area contributed by atoms with Crippen LogP contribution in [0.15, 0.2) is 41.5 Å². The van der Waals surface area contributed by atoms with E-state index >= 15 is 0 Å². The summed E-state index contributed by atoms with van der Waals surface area (Å²) < 4.78 is 0. The molecule has 0 saturated heterocycles. The third-order valence-electron chi connectivity index (χ3n) is 1.88. The lowest BCUT2D eigenvalue weighted by Gasteiger charge is -2.10. The first kappa shape index (κ1) is 12.3. The summed E-state index contributed by atoms with van der Waals surface area (Å²) in [6.45, 7) is 0. The third kappa shape index (κ3) is 4.17. The van der Waals surface area contributed by atoms with Crippen molar-refractivity contribution >= 4 is 12.0 Å². The van der Waals surface area contributed by atoms with Crippen molar-refractivity contribution < 1.29 is 0 Å². The Morgan fingerprint density at radius 1 is 1.00 bits per heavy atom. The van der Waals surface area contributed by atoms with Crippen molar-refractivity contribution in [3.05, 3.63) is 42.1 Å². The Balaban J connectivity index is 2.98. The summed E-state index contributed by atoms with van der Waals surface area (Å²) in [5.74, 6) is 0. The molecule has 0 aliphatic carbocycles. The largest absolute Gasteiger partial charge is 0.382 e. The van der Waals surface area contributed by atoms with Gasteiger partial charge in [-0.05, 0) is 0 Å². The molecule has 16 heavy (non-hydrogen) atoms. The summed E-state index contributed by atoms with van der Waals surface area (Å²) in [4.78, 5) is 8.37. The van der Waals surface area contributed by atoms with Crippen molar-refractivity contribution in [2.75, 3.05) is 28.2 Å². The minimum absolute atomic E-state index is 0.958. The lowest BCUT2D eigenvalue weighted by atomic mass is 10.2. The van der Waals surface area contributed by atoms with Crippen LogP contribution in [0, 0.1) is 0 Å². The van der Waals surface area contributed by atoms with Gasteiger partial charge >= 0.3 is 0 Å². The zero-order valence-electron chi connectivity index (χ0n) is 10.4. The van der Waals surface area contributed by atoms with Gasteiger partial charge in [0.15, 0.2) is 0 Å². The fraction of sp³-hybridized carbons (Fsp3) is 0.308. The Labute approximate surface area is 97.7 Å². The van der Waals surface area contributed by atoms with E-state index in [4.69, 9.17) is 0 Å². The molecule has 86 valence electrons. The average Bonchev–Trinajstić information content (AvgIpc) is 2.25. The van der Waals surface area contributed by atoms with Gasteiger partial charge in [-0.1, -0.05) is 30.3 Å². The fourth-order valence-corrected chi connectivity index (χ4v) is 1.21. The van der Waals surface area contributed by atoms with Crippen LogP contribution in [0.25, 0.3) is 5.70 Å². The van der Waals surface area contributed by atoms with Gasteiger partial charge in [0.2, 0.25) is 0 Å². The molecule has 1 rings (SSSR count). The summed E-state index contributed by atoms with van der Waals surface area (Å²) in [5.41, 5.74) is 2.08. The lowest BCUT2D eigenvalue weighted by molar-refractivity contribution is 0.564. The second-order valence-corrected chi connectivity index (χ2v) is 4.05. The van der Waals surface area contributed by atoms with Gasteiger partial charge in [0.1, 0.15) is 0 Å². The van der Waals surface area contributed by atoms with E-state index in [-0.39, 0.29) is 0 Å². The molecule has 0 N–H and O–H groups in total. The van der Waals surface area contributed by atoms with E-state index < -0.39 is 0 Å². The molecular formula is C13H19N3. The highest BCUT2D eigenvalue weighted by molar-refractivity contribution is 5.72. The molecule has 0 heterocycles. The summed E-state index contributed by atoms with van der Waals surface area (Å²) in [6, 6.07) is 10.2. The molecule has 0 amide bonds. The summed E-state index contributed by atoms with van der Waals surface area (Å²) in [6.07, 6.45) is 3.82. The maximum Gasteiger partial charge on any atom is 0.0908 e. The molecule has 0 aromatic heterocycles. The highest BCUT2D eigenvalue weighted by atomic mass is 15.1. The van der Waals surface area contributed by atoms with Crippen molar-refractivity contribution in [1.82, 2.24) is 9.80 Å². The van der Waals surface area contributed by atoms with Gasteiger partial charge in [0.25, 0.3) is 0 Å². The van der Waals surface area contributed by atoms with Gasteiger partial charge in [0.05, 0.1) is 12.0 Å². The predicted octanol–water partition coefficient (Wildman–Crippen LogP) is 2.14. The van der Waals surface area contributed by atoms with Gasteiger partial charge < -0.3 is 9.80 Å². The Hall–Kier alpha value is -1.77. The molecule has 0 unspecified atom stereocenters. The molecule has 0 saturated carbocycles. The quantitative estimate of drug-likeness (QED) is 0.568. The number of hydrogen-bond acceptors (Lipinski definition) is 2. The first-order chi connectivity index (χ1) is 7.59. The number of nitrogens with zero attached hydrogens (tertiary/aromatic N) is 3. The molecule has 0 spiro atoms. The van der Waals surface area contributed by atoms with Crippen LogP contribution in [0.4, 0.5) is 0 Å². The zero-order valence-corrected chi connectivity index (χ0v) is 10.4. The first-order valence-electron chi connectivity index (χ1n) is 5.24. The molecule has 1 aromatic carbocycles. The van der Waals surface area contributed by atoms with Crippen LogP contribution in [0.3, 0.4) is 0 Å².